The fourth-order valence-electron chi connectivity index (χ4n) is 1.59. The van der Waals surface area contributed by atoms with Gasteiger partial charge in [-0.2, -0.15) is 13.2 Å². The first-order valence-corrected chi connectivity index (χ1v) is 6.74. The molecule has 2 nitrogen and oxygen atoms in total. The van der Waals surface area contributed by atoms with Gasteiger partial charge in [0.15, 0.2) is 0 Å². The number of hydrogen-bond acceptors (Lipinski definition) is 1. The van der Waals surface area contributed by atoms with E-state index in [9.17, 15) is 18.0 Å². The van der Waals surface area contributed by atoms with Crippen LogP contribution in [0, 0.1) is 0 Å². The summed E-state index contributed by atoms with van der Waals surface area (Å²) in [7, 11) is 0. The van der Waals surface area contributed by atoms with E-state index in [0.717, 1.165) is 15.8 Å². The van der Waals surface area contributed by atoms with Crippen LogP contribution in [-0.2, 0) is 0 Å². The summed E-state index contributed by atoms with van der Waals surface area (Å²) < 4.78 is 38.2. The quantitative estimate of drug-likeness (QED) is 0.786. The number of alkyl halides is 3. The molecule has 0 atom stereocenters. The lowest BCUT2D eigenvalue weighted by atomic mass is 10.2. The molecule has 1 rings (SSSR count). The number of halogens is 4. The van der Waals surface area contributed by atoms with Crippen molar-refractivity contribution in [2.45, 2.75) is 25.9 Å². The predicted molar refractivity (Wildman–Crippen MR) is 71.0 cm³/mol. The van der Waals surface area contributed by atoms with Gasteiger partial charge in [0.1, 0.15) is 6.54 Å². The topological polar surface area (TPSA) is 20.3 Å². The van der Waals surface area contributed by atoms with Gasteiger partial charge in [-0.25, -0.2) is 0 Å². The lowest BCUT2D eigenvalue weighted by Crippen LogP contribution is -2.39. The van der Waals surface area contributed by atoms with Crippen LogP contribution in [0.4, 0.5) is 13.2 Å². The Morgan fingerprint density at radius 3 is 2.32 bits per heavy atom. The maximum atomic E-state index is 12.5. The van der Waals surface area contributed by atoms with Crippen LogP contribution in [0.1, 0.15) is 30.1 Å². The Bertz CT molecular complexity index is 417. The molecule has 1 aromatic carbocycles. The van der Waals surface area contributed by atoms with E-state index >= 15 is 0 Å². The number of rotatable bonds is 5. The minimum Gasteiger partial charge on any atom is -0.330 e. The summed E-state index contributed by atoms with van der Waals surface area (Å²) in [6.45, 7) is 0.780. The van der Waals surface area contributed by atoms with Gasteiger partial charge in [-0.1, -0.05) is 29.3 Å². The van der Waals surface area contributed by atoms with E-state index in [1.54, 1.807) is 12.1 Å². The van der Waals surface area contributed by atoms with Crippen LogP contribution in [0.2, 0.25) is 0 Å². The highest BCUT2D eigenvalue weighted by molar-refractivity contribution is 9.10. The maximum absolute atomic E-state index is 12.5. The van der Waals surface area contributed by atoms with Gasteiger partial charge in [0, 0.05) is 16.6 Å². The number of carbonyl (C=O) groups excluding carboxylic acids is 1. The Balaban J connectivity index is 2.83. The number of hydrogen-bond donors (Lipinski definition) is 0. The second-order valence-corrected chi connectivity index (χ2v) is 5.12. The van der Waals surface area contributed by atoms with Gasteiger partial charge < -0.3 is 4.90 Å². The molecule has 1 amide bonds. The van der Waals surface area contributed by atoms with Crippen molar-refractivity contribution in [1.82, 2.24) is 4.90 Å². The zero-order chi connectivity index (χ0) is 14.5. The van der Waals surface area contributed by atoms with Gasteiger partial charge >= 0.3 is 6.18 Å². The van der Waals surface area contributed by atoms with E-state index in [0.29, 0.717) is 6.42 Å². The smallest absolute Gasteiger partial charge is 0.330 e. The van der Waals surface area contributed by atoms with Crippen LogP contribution in [-0.4, -0.2) is 30.1 Å². The monoisotopic (exact) mass is 337 g/mol. The minimum absolute atomic E-state index is 0.116. The third-order valence-electron chi connectivity index (χ3n) is 2.53. The number of amides is 1. The lowest BCUT2D eigenvalue weighted by Gasteiger charge is -2.24. The molecule has 106 valence electrons. The molecule has 0 radical (unpaired) electrons. The molecule has 0 aliphatic carbocycles. The number of carbonyl (C=O) groups is 1. The Hall–Kier alpha value is -1.04. The third-order valence-corrected chi connectivity index (χ3v) is 3.06. The lowest BCUT2D eigenvalue weighted by molar-refractivity contribution is -0.140. The van der Waals surface area contributed by atoms with Gasteiger partial charge in [0.2, 0.25) is 0 Å². The molecule has 0 aromatic heterocycles. The highest BCUT2D eigenvalue weighted by Gasteiger charge is 2.33. The Labute approximate surface area is 118 Å². The Morgan fingerprint density at radius 1 is 1.26 bits per heavy atom. The minimum atomic E-state index is -4.38. The summed E-state index contributed by atoms with van der Waals surface area (Å²) in [5.74, 6) is -0.585. The molecule has 0 saturated carbocycles. The molecule has 19 heavy (non-hydrogen) atoms. The second-order valence-electron chi connectivity index (χ2n) is 4.20. The van der Waals surface area contributed by atoms with Gasteiger partial charge in [0.05, 0.1) is 0 Å². The van der Waals surface area contributed by atoms with Gasteiger partial charge in [-0.05, 0) is 30.7 Å². The van der Waals surface area contributed by atoms with Gasteiger partial charge in [-0.15, -0.1) is 0 Å². The first-order chi connectivity index (χ1) is 8.83. The molecule has 0 bridgehead atoms. The van der Waals surface area contributed by atoms with Crippen molar-refractivity contribution < 1.29 is 18.0 Å². The summed E-state index contributed by atoms with van der Waals surface area (Å²) in [6.07, 6.45) is -3.08. The van der Waals surface area contributed by atoms with E-state index in [1.165, 1.54) is 12.1 Å². The average molecular weight is 338 g/mol. The molecule has 0 saturated heterocycles. The molecule has 0 N–H and O–H groups in total. The first-order valence-electron chi connectivity index (χ1n) is 5.95. The zero-order valence-electron chi connectivity index (χ0n) is 10.5. The molecule has 0 fully saturated rings. The Morgan fingerprint density at radius 2 is 1.84 bits per heavy atom. The van der Waals surface area contributed by atoms with Gasteiger partial charge in [-0.3, -0.25) is 4.79 Å². The average Bonchev–Trinajstić information content (AvgIpc) is 2.33. The number of unbranched alkanes of at least 4 members (excludes halogenated alkanes) is 1. The van der Waals surface area contributed by atoms with E-state index in [1.807, 2.05) is 6.92 Å². The van der Waals surface area contributed by atoms with Crippen molar-refractivity contribution in [3.05, 3.63) is 34.3 Å². The van der Waals surface area contributed by atoms with Gasteiger partial charge in [0.25, 0.3) is 5.91 Å². The van der Waals surface area contributed by atoms with E-state index < -0.39 is 18.6 Å². The van der Waals surface area contributed by atoms with Crippen molar-refractivity contribution in [3.63, 3.8) is 0 Å². The predicted octanol–water partition coefficient (Wildman–Crippen LogP) is 4.25. The summed E-state index contributed by atoms with van der Waals surface area (Å²) in [4.78, 5) is 12.9. The van der Waals surface area contributed by atoms with Crippen LogP contribution in [0.25, 0.3) is 0 Å². The van der Waals surface area contributed by atoms with Crippen molar-refractivity contribution in [2.75, 3.05) is 13.1 Å². The van der Waals surface area contributed by atoms with Crippen molar-refractivity contribution in [2.24, 2.45) is 0 Å². The Kier molecular flexibility index (Phi) is 5.85. The van der Waals surface area contributed by atoms with Crippen LogP contribution in [0.15, 0.2) is 28.7 Å². The molecular weight excluding hydrogens is 323 g/mol. The van der Waals surface area contributed by atoms with Crippen LogP contribution in [0.5, 0.6) is 0 Å². The highest BCUT2D eigenvalue weighted by atomic mass is 79.9. The second kappa shape index (κ2) is 6.93. The van der Waals surface area contributed by atoms with E-state index in [2.05, 4.69) is 15.9 Å². The van der Waals surface area contributed by atoms with Crippen LogP contribution < -0.4 is 0 Å². The van der Waals surface area contributed by atoms with E-state index in [4.69, 9.17) is 0 Å². The standard InChI is InChI=1S/C13H15BrF3NO/c1-2-3-8-18(9-13(15,16)17)12(19)10-4-6-11(14)7-5-10/h4-7H,2-3,8-9H2,1H3. The summed E-state index contributed by atoms with van der Waals surface area (Å²) in [5, 5.41) is 0. The number of benzene rings is 1. The summed E-state index contributed by atoms with van der Waals surface area (Å²) >= 11 is 3.22. The summed E-state index contributed by atoms with van der Waals surface area (Å²) in [5.41, 5.74) is 0.267. The molecule has 0 unspecified atom stereocenters. The molecule has 0 spiro atoms. The molecule has 6 heteroatoms. The normalized spacial score (nSPS) is 11.4. The molecule has 0 heterocycles. The maximum Gasteiger partial charge on any atom is 0.406 e. The van der Waals surface area contributed by atoms with Crippen molar-refractivity contribution in [3.8, 4) is 0 Å². The molecule has 0 aliphatic rings. The van der Waals surface area contributed by atoms with Crippen LogP contribution >= 0.6 is 15.9 Å². The third kappa shape index (κ3) is 5.63. The highest BCUT2D eigenvalue weighted by Crippen LogP contribution is 2.19. The van der Waals surface area contributed by atoms with Crippen molar-refractivity contribution >= 4 is 21.8 Å². The molecule has 1 aromatic rings. The fourth-order valence-corrected chi connectivity index (χ4v) is 1.86. The number of nitrogens with zero attached hydrogens (tertiary/aromatic N) is 1. The SMILES string of the molecule is CCCCN(CC(F)(F)F)C(=O)c1ccc(Br)cc1. The first kappa shape index (κ1) is 16.0. The van der Waals surface area contributed by atoms with Crippen molar-refractivity contribution in [1.29, 1.82) is 0 Å². The summed E-state index contributed by atoms with van der Waals surface area (Å²) in [6, 6.07) is 6.31. The largest absolute Gasteiger partial charge is 0.406 e. The molecular formula is C13H15BrF3NO. The van der Waals surface area contributed by atoms with E-state index in [-0.39, 0.29) is 12.1 Å². The van der Waals surface area contributed by atoms with Crippen LogP contribution in [0.3, 0.4) is 0 Å². The fraction of sp³-hybridized carbons (Fsp3) is 0.462. The zero-order valence-corrected chi connectivity index (χ0v) is 12.1. The molecule has 0 aliphatic heterocycles.